The zero-order valence-electron chi connectivity index (χ0n) is 10.7. The molecule has 0 fully saturated rings. The SMILES string of the molecule is CCOC(=O)c1csc(-c2cc(C(F)(F)F)ccc2F)n1. The molecule has 0 aliphatic rings. The summed E-state index contributed by atoms with van der Waals surface area (Å²) in [5, 5.41) is 1.30. The third-order valence-corrected chi connectivity index (χ3v) is 3.39. The highest BCUT2D eigenvalue weighted by atomic mass is 32.1. The molecule has 0 atom stereocenters. The molecule has 0 bridgehead atoms. The van der Waals surface area contributed by atoms with E-state index in [1.165, 1.54) is 5.38 Å². The minimum Gasteiger partial charge on any atom is -0.461 e. The van der Waals surface area contributed by atoms with E-state index in [0.29, 0.717) is 12.1 Å². The lowest BCUT2D eigenvalue weighted by molar-refractivity contribution is -0.137. The predicted molar refractivity (Wildman–Crippen MR) is 68.5 cm³/mol. The second-order valence-corrected chi connectivity index (χ2v) is 4.81. The lowest BCUT2D eigenvalue weighted by Gasteiger charge is -2.08. The number of rotatable bonds is 3. The van der Waals surface area contributed by atoms with E-state index in [2.05, 4.69) is 4.98 Å². The highest BCUT2D eigenvalue weighted by molar-refractivity contribution is 7.13. The van der Waals surface area contributed by atoms with Gasteiger partial charge in [0.1, 0.15) is 10.8 Å². The van der Waals surface area contributed by atoms with Crippen LogP contribution >= 0.6 is 11.3 Å². The van der Waals surface area contributed by atoms with Crippen LogP contribution in [-0.2, 0) is 10.9 Å². The zero-order chi connectivity index (χ0) is 15.6. The summed E-state index contributed by atoms with van der Waals surface area (Å²) in [7, 11) is 0. The largest absolute Gasteiger partial charge is 0.461 e. The Morgan fingerprint density at radius 3 is 2.71 bits per heavy atom. The number of ether oxygens (including phenoxy) is 1. The van der Waals surface area contributed by atoms with Gasteiger partial charge in [0.2, 0.25) is 0 Å². The average Bonchev–Trinajstić information content (AvgIpc) is 2.87. The molecular formula is C13H9F4NO2S. The third kappa shape index (κ3) is 3.38. The highest BCUT2D eigenvalue weighted by Gasteiger charge is 2.31. The maximum Gasteiger partial charge on any atom is 0.416 e. The number of carbonyl (C=O) groups is 1. The van der Waals surface area contributed by atoms with Crippen molar-refractivity contribution in [2.24, 2.45) is 0 Å². The molecule has 0 aliphatic carbocycles. The minimum atomic E-state index is -4.58. The van der Waals surface area contributed by atoms with Crippen molar-refractivity contribution in [1.29, 1.82) is 0 Å². The quantitative estimate of drug-likeness (QED) is 0.630. The maximum absolute atomic E-state index is 13.7. The van der Waals surface area contributed by atoms with Crippen LogP contribution in [0.5, 0.6) is 0 Å². The van der Waals surface area contributed by atoms with Crippen molar-refractivity contribution in [2.45, 2.75) is 13.1 Å². The highest BCUT2D eigenvalue weighted by Crippen LogP contribution is 2.34. The number of thiazole rings is 1. The van der Waals surface area contributed by atoms with Gasteiger partial charge in [0.15, 0.2) is 5.69 Å². The molecule has 0 spiro atoms. The monoisotopic (exact) mass is 319 g/mol. The molecule has 0 aliphatic heterocycles. The summed E-state index contributed by atoms with van der Waals surface area (Å²) in [5.74, 6) is -1.54. The lowest BCUT2D eigenvalue weighted by atomic mass is 10.1. The molecule has 0 N–H and O–H groups in total. The van der Waals surface area contributed by atoms with Crippen molar-refractivity contribution >= 4 is 17.3 Å². The second kappa shape index (κ2) is 5.80. The van der Waals surface area contributed by atoms with E-state index in [0.717, 1.165) is 17.4 Å². The first-order valence-corrected chi connectivity index (χ1v) is 6.70. The van der Waals surface area contributed by atoms with Gasteiger partial charge in [-0.1, -0.05) is 0 Å². The van der Waals surface area contributed by atoms with Gasteiger partial charge in [0.25, 0.3) is 0 Å². The molecular weight excluding hydrogens is 310 g/mol. The van der Waals surface area contributed by atoms with Crippen LogP contribution in [0.2, 0.25) is 0 Å². The van der Waals surface area contributed by atoms with Crippen LogP contribution in [0.15, 0.2) is 23.6 Å². The molecule has 0 saturated carbocycles. The summed E-state index contributed by atoms with van der Waals surface area (Å²) in [6.45, 7) is 1.75. The smallest absolute Gasteiger partial charge is 0.416 e. The summed E-state index contributed by atoms with van der Waals surface area (Å²) in [5.41, 5.74) is -1.34. The van der Waals surface area contributed by atoms with Gasteiger partial charge in [-0.25, -0.2) is 14.2 Å². The van der Waals surface area contributed by atoms with Crippen LogP contribution in [0.25, 0.3) is 10.6 Å². The molecule has 0 unspecified atom stereocenters. The fourth-order valence-corrected chi connectivity index (χ4v) is 2.37. The number of hydrogen-bond acceptors (Lipinski definition) is 4. The lowest BCUT2D eigenvalue weighted by Crippen LogP contribution is -2.06. The minimum absolute atomic E-state index is 0.0124. The van der Waals surface area contributed by atoms with Crippen LogP contribution in [0.1, 0.15) is 23.0 Å². The van der Waals surface area contributed by atoms with Crippen molar-refractivity contribution in [2.75, 3.05) is 6.61 Å². The number of aromatic nitrogens is 1. The summed E-state index contributed by atoms with van der Waals surface area (Å²) in [6, 6.07) is 2.05. The van der Waals surface area contributed by atoms with Crippen LogP contribution in [0.3, 0.4) is 0 Å². The first-order valence-electron chi connectivity index (χ1n) is 5.82. The summed E-state index contributed by atoms with van der Waals surface area (Å²) >= 11 is 0.871. The van der Waals surface area contributed by atoms with Crippen molar-refractivity contribution in [1.82, 2.24) is 4.98 Å². The van der Waals surface area contributed by atoms with E-state index in [1.54, 1.807) is 6.92 Å². The molecule has 8 heteroatoms. The van der Waals surface area contributed by atoms with Crippen molar-refractivity contribution < 1.29 is 27.1 Å². The topological polar surface area (TPSA) is 39.2 Å². The van der Waals surface area contributed by atoms with Gasteiger partial charge < -0.3 is 4.74 Å². The maximum atomic E-state index is 13.7. The Kier molecular flexibility index (Phi) is 4.26. The summed E-state index contributed by atoms with van der Waals surface area (Å²) in [6.07, 6.45) is -4.58. The molecule has 2 rings (SSSR count). The molecule has 1 aromatic heterocycles. The Labute approximate surface area is 121 Å². The van der Waals surface area contributed by atoms with Crippen molar-refractivity contribution in [3.8, 4) is 10.6 Å². The number of esters is 1. The van der Waals surface area contributed by atoms with E-state index >= 15 is 0 Å². The molecule has 0 radical (unpaired) electrons. The van der Waals surface area contributed by atoms with Gasteiger partial charge in [-0.05, 0) is 25.1 Å². The first kappa shape index (κ1) is 15.4. The summed E-state index contributed by atoms with van der Waals surface area (Å²) in [4.78, 5) is 15.3. The molecule has 112 valence electrons. The third-order valence-electron chi connectivity index (χ3n) is 2.51. The Bertz CT molecular complexity index is 666. The molecule has 1 heterocycles. The van der Waals surface area contributed by atoms with E-state index in [4.69, 9.17) is 4.74 Å². The standard InChI is InChI=1S/C13H9F4NO2S/c1-2-20-12(19)10-6-21-11(18-10)8-5-7(13(15,16)17)3-4-9(8)14/h3-6H,2H2,1H3. The van der Waals surface area contributed by atoms with Gasteiger partial charge in [0.05, 0.1) is 12.2 Å². The van der Waals surface area contributed by atoms with E-state index in [1.807, 2.05) is 0 Å². The second-order valence-electron chi connectivity index (χ2n) is 3.95. The van der Waals surface area contributed by atoms with Gasteiger partial charge >= 0.3 is 12.1 Å². The van der Waals surface area contributed by atoms with Crippen LogP contribution < -0.4 is 0 Å². The van der Waals surface area contributed by atoms with Gasteiger partial charge in [-0.15, -0.1) is 11.3 Å². The Morgan fingerprint density at radius 2 is 2.10 bits per heavy atom. The van der Waals surface area contributed by atoms with E-state index in [9.17, 15) is 22.4 Å². The van der Waals surface area contributed by atoms with Gasteiger partial charge in [-0.3, -0.25) is 0 Å². The zero-order valence-corrected chi connectivity index (χ0v) is 11.5. The number of hydrogen-bond donors (Lipinski definition) is 0. The average molecular weight is 319 g/mol. The number of halogens is 4. The first-order chi connectivity index (χ1) is 9.82. The fourth-order valence-electron chi connectivity index (χ4n) is 1.56. The number of carbonyl (C=O) groups excluding carboxylic acids is 1. The normalized spacial score (nSPS) is 11.5. The van der Waals surface area contributed by atoms with Gasteiger partial charge in [0, 0.05) is 10.9 Å². The Hall–Kier alpha value is -1.96. The molecule has 1 aromatic carbocycles. The molecule has 0 amide bonds. The molecule has 21 heavy (non-hydrogen) atoms. The molecule has 2 aromatic rings. The number of alkyl halides is 3. The molecule has 3 nitrogen and oxygen atoms in total. The summed E-state index contributed by atoms with van der Waals surface area (Å²) < 4.78 is 56.3. The van der Waals surface area contributed by atoms with Crippen LogP contribution in [0.4, 0.5) is 17.6 Å². The van der Waals surface area contributed by atoms with Crippen molar-refractivity contribution in [3.05, 3.63) is 40.7 Å². The molecule has 0 saturated heterocycles. The van der Waals surface area contributed by atoms with E-state index in [-0.39, 0.29) is 22.9 Å². The van der Waals surface area contributed by atoms with E-state index < -0.39 is 23.5 Å². The fraction of sp³-hybridized carbons (Fsp3) is 0.231. The van der Waals surface area contributed by atoms with Crippen LogP contribution in [0, 0.1) is 5.82 Å². The van der Waals surface area contributed by atoms with Gasteiger partial charge in [-0.2, -0.15) is 13.2 Å². The van der Waals surface area contributed by atoms with Crippen LogP contribution in [-0.4, -0.2) is 17.6 Å². The Morgan fingerprint density at radius 1 is 1.38 bits per heavy atom. The van der Waals surface area contributed by atoms with Crippen molar-refractivity contribution in [3.63, 3.8) is 0 Å². The Balaban J connectivity index is 2.40. The predicted octanol–water partition coefficient (Wildman–Crippen LogP) is 4.14. The number of benzene rings is 1. The number of nitrogens with zero attached hydrogens (tertiary/aromatic N) is 1.